The molecule has 0 atom stereocenters. The van der Waals surface area contributed by atoms with Crippen molar-refractivity contribution < 1.29 is 24.3 Å². The molecule has 0 aliphatic carbocycles. The van der Waals surface area contributed by atoms with Gasteiger partial charge >= 0.3 is 5.97 Å². The van der Waals surface area contributed by atoms with E-state index in [2.05, 4.69) is 15.2 Å². The van der Waals surface area contributed by atoms with Gasteiger partial charge in [0.1, 0.15) is 10.7 Å². The maximum absolute atomic E-state index is 11.5. The van der Waals surface area contributed by atoms with E-state index in [1.807, 2.05) is 0 Å². The second-order valence-electron chi connectivity index (χ2n) is 4.65. The Hall–Kier alpha value is -3.08. The van der Waals surface area contributed by atoms with E-state index < -0.39 is 10.9 Å². The first kappa shape index (κ1) is 18.3. The predicted octanol–water partition coefficient (Wildman–Crippen LogP) is 2.26. The van der Waals surface area contributed by atoms with Crippen molar-refractivity contribution >= 4 is 29.5 Å². The van der Waals surface area contributed by atoms with Crippen molar-refractivity contribution in [3.63, 3.8) is 0 Å². The van der Waals surface area contributed by atoms with Gasteiger partial charge in [-0.05, 0) is 24.8 Å². The standard InChI is InChI=1S/C14H14N4O6S/c1-7-15-14(17-16-7)25-11(13(19)20)5-8-4-9(18(21)22)6-10(23-2)12(8)24-3/h4-6H,1-3H3,(H,19,20)(H,15,16,17)/b11-5+. The number of nitro groups is 1. The van der Waals surface area contributed by atoms with E-state index in [0.29, 0.717) is 5.82 Å². The van der Waals surface area contributed by atoms with Gasteiger partial charge < -0.3 is 14.6 Å². The van der Waals surface area contributed by atoms with Gasteiger partial charge in [0, 0.05) is 11.6 Å². The smallest absolute Gasteiger partial charge is 0.342 e. The fourth-order valence-corrected chi connectivity index (χ4v) is 2.68. The summed E-state index contributed by atoms with van der Waals surface area (Å²) in [5.41, 5.74) is -0.0712. The van der Waals surface area contributed by atoms with E-state index in [-0.39, 0.29) is 32.8 Å². The van der Waals surface area contributed by atoms with Crippen molar-refractivity contribution in [2.24, 2.45) is 0 Å². The predicted molar refractivity (Wildman–Crippen MR) is 88.8 cm³/mol. The largest absolute Gasteiger partial charge is 0.493 e. The number of carbonyl (C=O) groups is 1. The number of aromatic amines is 1. The molecule has 2 aromatic rings. The Bertz CT molecular complexity index is 848. The van der Waals surface area contributed by atoms with E-state index in [1.165, 1.54) is 32.4 Å². The Kier molecular flexibility index (Phi) is 5.60. The third-order valence-electron chi connectivity index (χ3n) is 2.98. The first-order chi connectivity index (χ1) is 11.8. The highest BCUT2D eigenvalue weighted by atomic mass is 32.2. The summed E-state index contributed by atoms with van der Waals surface area (Å²) in [5, 5.41) is 27.2. The molecule has 25 heavy (non-hydrogen) atoms. The number of non-ortho nitro benzene ring substituents is 1. The lowest BCUT2D eigenvalue weighted by molar-refractivity contribution is -0.385. The van der Waals surface area contributed by atoms with Gasteiger partial charge in [-0.25, -0.2) is 9.78 Å². The molecule has 1 aromatic carbocycles. The number of carboxylic acid groups (broad SMARTS) is 1. The molecule has 0 saturated heterocycles. The van der Waals surface area contributed by atoms with Crippen LogP contribution in [0.5, 0.6) is 11.5 Å². The summed E-state index contributed by atoms with van der Waals surface area (Å²) in [4.78, 5) is 25.9. The number of thioether (sulfide) groups is 1. The number of carboxylic acids is 1. The van der Waals surface area contributed by atoms with Crippen LogP contribution in [0.25, 0.3) is 6.08 Å². The van der Waals surface area contributed by atoms with Crippen LogP contribution in [0.2, 0.25) is 0 Å². The number of aliphatic carboxylic acids is 1. The maximum atomic E-state index is 11.5. The van der Waals surface area contributed by atoms with Gasteiger partial charge in [0.05, 0.1) is 25.2 Å². The molecular formula is C14H14N4O6S. The van der Waals surface area contributed by atoms with Crippen LogP contribution in [0.15, 0.2) is 22.2 Å². The number of rotatable bonds is 7. The summed E-state index contributed by atoms with van der Waals surface area (Å²) >= 11 is 0.801. The van der Waals surface area contributed by atoms with Gasteiger partial charge in [-0.15, -0.1) is 5.10 Å². The number of hydrogen-bond donors (Lipinski definition) is 2. The number of nitro benzene ring substituents is 1. The monoisotopic (exact) mass is 366 g/mol. The molecule has 1 heterocycles. The summed E-state index contributed by atoms with van der Waals surface area (Å²) in [7, 11) is 2.69. The Balaban J connectivity index is 2.55. The molecule has 0 amide bonds. The number of ether oxygens (including phenoxy) is 2. The number of H-pyrrole nitrogens is 1. The molecule has 2 N–H and O–H groups in total. The molecule has 0 radical (unpaired) electrons. The van der Waals surface area contributed by atoms with Gasteiger partial charge in [-0.3, -0.25) is 15.2 Å². The van der Waals surface area contributed by atoms with Crippen LogP contribution in [0.3, 0.4) is 0 Å². The molecule has 1 aromatic heterocycles. The van der Waals surface area contributed by atoms with Crippen molar-refractivity contribution in [2.45, 2.75) is 12.1 Å². The molecule has 10 nitrogen and oxygen atoms in total. The Morgan fingerprint density at radius 3 is 2.60 bits per heavy atom. The third-order valence-corrected chi connectivity index (χ3v) is 3.86. The van der Waals surface area contributed by atoms with Crippen LogP contribution in [-0.2, 0) is 4.79 Å². The van der Waals surface area contributed by atoms with Gasteiger partial charge in [0.25, 0.3) is 5.69 Å². The molecule has 132 valence electrons. The highest BCUT2D eigenvalue weighted by Gasteiger charge is 2.20. The van der Waals surface area contributed by atoms with Crippen molar-refractivity contribution in [1.82, 2.24) is 15.2 Å². The molecular weight excluding hydrogens is 352 g/mol. The maximum Gasteiger partial charge on any atom is 0.342 e. The minimum Gasteiger partial charge on any atom is -0.493 e. The van der Waals surface area contributed by atoms with Crippen LogP contribution in [0.1, 0.15) is 11.4 Å². The lowest BCUT2D eigenvalue weighted by Gasteiger charge is -2.11. The number of nitrogens with one attached hydrogen (secondary N) is 1. The van der Waals surface area contributed by atoms with Crippen molar-refractivity contribution in [1.29, 1.82) is 0 Å². The highest BCUT2D eigenvalue weighted by molar-refractivity contribution is 8.04. The van der Waals surface area contributed by atoms with Crippen molar-refractivity contribution in [3.05, 3.63) is 38.5 Å². The first-order valence-electron chi connectivity index (χ1n) is 6.78. The van der Waals surface area contributed by atoms with Crippen LogP contribution < -0.4 is 9.47 Å². The highest BCUT2D eigenvalue weighted by Crippen LogP contribution is 2.38. The molecule has 0 saturated carbocycles. The number of methoxy groups -OCH3 is 2. The van der Waals surface area contributed by atoms with Gasteiger partial charge in [-0.2, -0.15) is 0 Å². The third kappa shape index (κ3) is 4.26. The molecule has 0 fully saturated rings. The second kappa shape index (κ2) is 7.66. The van der Waals surface area contributed by atoms with Gasteiger partial charge in [-0.1, -0.05) is 0 Å². The molecule has 0 aliphatic heterocycles. The van der Waals surface area contributed by atoms with Crippen molar-refractivity contribution in [3.8, 4) is 11.5 Å². The molecule has 0 unspecified atom stereocenters. The fraction of sp³-hybridized carbons (Fsp3) is 0.214. The number of hydrogen-bond acceptors (Lipinski definition) is 8. The summed E-state index contributed by atoms with van der Waals surface area (Å²) < 4.78 is 10.3. The molecule has 11 heteroatoms. The number of aromatic nitrogens is 3. The average Bonchev–Trinajstić information content (AvgIpc) is 2.98. The van der Waals surface area contributed by atoms with Gasteiger partial charge in [0.2, 0.25) is 5.16 Å². The molecule has 0 aliphatic rings. The summed E-state index contributed by atoms with van der Waals surface area (Å²) in [6.45, 7) is 1.68. The quantitative estimate of drug-likeness (QED) is 0.326. The van der Waals surface area contributed by atoms with Crippen LogP contribution in [0.4, 0.5) is 5.69 Å². The molecule has 0 bridgehead atoms. The normalized spacial score (nSPS) is 11.2. The minimum absolute atomic E-state index is 0.117. The zero-order chi connectivity index (χ0) is 18.6. The van der Waals surface area contributed by atoms with E-state index in [1.54, 1.807) is 6.92 Å². The Labute approximate surface area is 146 Å². The fourth-order valence-electron chi connectivity index (χ4n) is 1.93. The lowest BCUT2D eigenvalue weighted by Crippen LogP contribution is -2.00. The SMILES string of the molecule is COc1cc([N+](=O)[O-])cc(/C=C(/Sc2n[nH]c(C)n2)C(=O)O)c1OC. The van der Waals surface area contributed by atoms with Gasteiger partial charge in [0.15, 0.2) is 11.5 Å². The summed E-state index contributed by atoms with van der Waals surface area (Å²) in [5.74, 6) is -0.410. The van der Waals surface area contributed by atoms with E-state index in [0.717, 1.165) is 11.8 Å². The average molecular weight is 366 g/mol. The van der Waals surface area contributed by atoms with Crippen molar-refractivity contribution in [2.75, 3.05) is 14.2 Å². The number of aryl methyl sites for hydroxylation is 1. The second-order valence-corrected chi connectivity index (χ2v) is 5.66. The topological polar surface area (TPSA) is 140 Å². The van der Waals surface area contributed by atoms with Crippen LogP contribution >= 0.6 is 11.8 Å². The van der Waals surface area contributed by atoms with Crippen LogP contribution in [0, 0.1) is 17.0 Å². The Morgan fingerprint density at radius 1 is 1.40 bits per heavy atom. The summed E-state index contributed by atoms with van der Waals surface area (Å²) in [6.07, 6.45) is 1.24. The summed E-state index contributed by atoms with van der Waals surface area (Å²) in [6, 6.07) is 2.40. The molecule has 2 rings (SSSR count). The van der Waals surface area contributed by atoms with Crippen LogP contribution in [-0.4, -0.2) is 45.4 Å². The zero-order valence-electron chi connectivity index (χ0n) is 13.5. The molecule has 0 spiro atoms. The first-order valence-corrected chi connectivity index (χ1v) is 7.59. The number of nitrogens with zero attached hydrogens (tertiary/aromatic N) is 3. The van der Waals surface area contributed by atoms with E-state index in [4.69, 9.17) is 9.47 Å². The minimum atomic E-state index is -1.24. The lowest BCUT2D eigenvalue weighted by atomic mass is 10.1. The number of benzene rings is 1. The Morgan fingerprint density at radius 2 is 2.12 bits per heavy atom. The van der Waals surface area contributed by atoms with E-state index >= 15 is 0 Å². The van der Waals surface area contributed by atoms with E-state index in [9.17, 15) is 20.0 Å². The zero-order valence-corrected chi connectivity index (χ0v) is 14.3.